The van der Waals surface area contributed by atoms with Gasteiger partial charge < -0.3 is 35.9 Å². The summed E-state index contributed by atoms with van der Waals surface area (Å²) in [5, 5.41) is 37.5. The number of nitrogens with one attached hydrogen (secondary N) is 4. The zero-order valence-corrected chi connectivity index (χ0v) is 24.8. The normalized spacial score (nSPS) is 13.1. The number of anilines is 1. The third-order valence-electron chi connectivity index (χ3n) is 5.73. The molecule has 2 aromatic carbocycles. The van der Waals surface area contributed by atoms with E-state index in [4.69, 9.17) is 11.6 Å². The number of halogens is 1. The fourth-order valence-electron chi connectivity index (χ4n) is 3.51. The number of carbonyl (C=O) groups excluding carboxylic acids is 2. The van der Waals surface area contributed by atoms with Crippen molar-refractivity contribution in [3.05, 3.63) is 64.7 Å². The van der Waals surface area contributed by atoms with Gasteiger partial charge in [0.25, 0.3) is 0 Å². The van der Waals surface area contributed by atoms with Crippen LogP contribution in [0.2, 0.25) is 18.7 Å². The first-order chi connectivity index (χ1) is 19.2. The van der Waals surface area contributed by atoms with Gasteiger partial charge in [-0.3, -0.25) is 14.5 Å². The number of aliphatic hydroxyl groups excluding tert-OH is 1. The number of guanidine groups is 1. The van der Waals surface area contributed by atoms with Crippen LogP contribution < -0.4 is 20.6 Å². The van der Waals surface area contributed by atoms with Crippen LogP contribution in [-0.4, -0.2) is 86.1 Å². The highest BCUT2D eigenvalue weighted by atomic mass is 35.5. The monoisotopic (exact) mass is 608 g/mol. The predicted molar refractivity (Wildman–Crippen MR) is 160 cm³/mol. The Kier molecular flexibility index (Phi) is 13.1. The van der Waals surface area contributed by atoms with Crippen molar-refractivity contribution in [2.75, 3.05) is 19.0 Å². The lowest BCUT2D eigenvalue weighted by molar-refractivity contribution is -0.140. The molecule has 17 heteroatoms. The van der Waals surface area contributed by atoms with E-state index in [0.29, 0.717) is 16.3 Å². The molecular weight excluding hydrogens is 573 g/mol. The van der Waals surface area contributed by atoms with Crippen LogP contribution in [0.1, 0.15) is 18.1 Å². The summed E-state index contributed by atoms with van der Waals surface area (Å²) in [6.07, 6.45) is 0. The molecule has 41 heavy (non-hydrogen) atoms. The average Bonchev–Trinajstić information content (AvgIpc) is 2.90. The molecule has 0 radical (unpaired) electrons. The van der Waals surface area contributed by atoms with Crippen molar-refractivity contribution in [2.24, 2.45) is 4.90 Å². The van der Waals surface area contributed by atoms with E-state index in [1.165, 1.54) is 39.8 Å². The molecule has 0 aliphatic carbocycles. The Labute approximate surface area is 245 Å². The van der Waals surface area contributed by atoms with E-state index in [1.807, 2.05) is 0 Å². The molecule has 13 nitrogen and oxygen atoms in total. The van der Waals surface area contributed by atoms with Gasteiger partial charge in [0.2, 0.25) is 21.8 Å². The molecule has 0 aliphatic rings. The minimum Gasteiger partial charge on any atom is -0.433 e. The second kappa shape index (κ2) is 15.7. The molecule has 2 rings (SSSR count). The van der Waals surface area contributed by atoms with Crippen LogP contribution in [0.3, 0.4) is 0 Å². The molecule has 0 fully saturated rings. The number of benzene rings is 2. The van der Waals surface area contributed by atoms with Gasteiger partial charge in [-0.25, -0.2) is 13.1 Å². The van der Waals surface area contributed by atoms with Crippen LogP contribution in [-0.2, 0) is 31.9 Å². The summed E-state index contributed by atoms with van der Waals surface area (Å²) in [5.74, 6) is -1.51. The van der Waals surface area contributed by atoms with Gasteiger partial charge in [-0.1, -0.05) is 35.9 Å². The van der Waals surface area contributed by atoms with E-state index in [2.05, 4.69) is 25.5 Å². The van der Waals surface area contributed by atoms with Crippen molar-refractivity contribution in [1.82, 2.24) is 20.2 Å². The van der Waals surface area contributed by atoms with Gasteiger partial charge in [0.15, 0.2) is 5.96 Å². The number of rotatable bonds is 13. The number of aliphatic hydroxyl groups is 1. The van der Waals surface area contributed by atoms with Gasteiger partial charge in [-0.2, -0.15) is 0 Å². The molecular formula is C24H35B2ClN6O7S. The van der Waals surface area contributed by atoms with Crippen LogP contribution >= 0.6 is 11.6 Å². The minimum atomic E-state index is -4.00. The molecule has 0 aromatic heterocycles. The van der Waals surface area contributed by atoms with Crippen molar-refractivity contribution in [2.45, 2.75) is 45.0 Å². The Morgan fingerprint density at radius 1 is 1.05 bits per heavy atom. The minimum absolute atomic E-state index is 0.142. The van der Waals surface area contributed by atoms with Crippen LogP contribution in [0, 0.1) is 0 Å². The smallest absolute Gasteiger partial charge is 0.431 e. The maximum Gasteiger partial charge on any atom is 0.431 e. The molecule has 2 atom stereocenters. The Morgan fingerprint density at radius 2 is 1.63 bits per heavy atom. The maximum absolute atomic E-state index is 12.9. The maximum atomic E-state index is 12.9. The van der Waals surface area contributed by atoms with Gasteiger partial charge in [0, 0.05) is 24.3 Å². The highest BCUT2D eigenvalue weighted by Gasteiger charge is 2.31. The van der Waals surface area contributed by atoms with Crippen LogP contribution in [0.4, 0.5) is 5.69 Å². The van der Waals surface area contributed by atoms with E-state index in [0.717, 1.165) is 10.5 Å². The van der Waals surface area contributed by atoms with Gasteiger partial charge in [0.1, 0.15) is 12.1 Å². The molecule has 0 aliphatic heterocycles. The van der Waals surface area contributed by atoms with E-state index >= 15 is 0 Å². The Balaban J connectivity index is 1.94. The topological polar surface area (TPSA) is 193 Å². The van der Waals surface area contributed by atoms with E-state index < -0.39 is 60.4 Å². The van der Waals surface area contributed by atoms with Crippen molar-refractivity contribution in [3.63, 3.8) is 0 Å². The molecule has 0 heterocycles. The summed E-state index contributed by atoms with van der Waals surface area (Å²) < 4.78 is 27.4. The molecule has 0 unspecified atom stereocenters. The number of amides is 2. The number of likely N-dealkylation sites (N-methyl/N-ethyl adjacent to an activating group) is 1. The lowest BCUT2D eigenvalue weighted by Crippen LogP contribution is -2.54. The zero-order chi connectivity index (χ0) is 30.7. The molecule has 0 bridgehead atoms. The third kappa shape index (κ3) is 11.7. The van der Waals surface area contributed by atoms with Crippen molar-refractivity contribution >= 4 is 59.2 Å². The molecule has 2 amide bonds. The number of hydrogen-bond acceptors (Lipinski definition) is 8. The standard InChI is InChI=1S/C24H35B2ClN6O7S/c1-16(33(4)23(36)21(14-34)32-41(39,40)15-18-5-9-19(27)10-6-18)22(35)28-13-17-7-11-20(12-8-17)29-24(30-25(2)37)31-26(3)38/h5-12,16,21,32,34,37-38H,13-15H2,1-4H3,(H,28,35)(H2,29,30,31)/t16-,21+/m0/s1. The van der Waals surface area contributed by atoms with E-state index in [9.17, 15) is 33.2 Å². The number of nitrogens with zero attached hydrogens (tertiary/aromatic N) is 2. The molecule has 7 N–H and O–H groups in total. The highest BCUT2D eigenvalue weighted by molar-refractivity contribution is 7.88. The van der Waals surface area contributed by atoms with E-state index in [1.54, 1.807) is 36.4 Å². The van der Waals surface area contributed by atoms with Crippen molar-refractivity contribution in [3.8, 4) is 0 Å². The number of hydrogen-bond donors (Lipinski definition) is 7. The summed E-state index contributed by atoms with van der Waals surface area (Å²) in [5.41, 5.74) is 1.80. The number of carbonyl (C=O) groups is 2. The summed E-state index contributed by atoms with van der Waals surface area (Å²) >= 11 is 5.82. The summed E-state index contributed by atoms with van der Waals surface area (Å²) in [6, 6.07) is 10.6. The SMILES string of the molecule is CB(O)/N=C(/NB(C)O)Nc1ccc(CNC(=O)[C@H](C)N(C)C(=O)[C@@H](CO)NS(=O)(=O)Cc2ccc(Cl)cc2)cc1. The Hall–Kier alpha value is -3.14. The molecule has 0 saturated carbocycles. The molecule has 0 saturated heterocycles. The first-order valence-corrected chi connectivity index (χ1v) is 14.7. The fraction of sp³-hybridized carbons (Fsp3) is 0.375. The summed E-state index contributed by atoms with van der Waals surface area (Å²) in [6.45, 7) is 3.79. The first kappa shape index (κ1) is 34.1. The first-order valence-electron chi connectivity index (χ1n) is 12.7. The summed E-state index contributed by atoms with van der Waals surface area (Å²) in [7, 11) is -4.54. The van der Waals surface area contributed by atoms with Gasteiger partial charge in [0.05, 0.1) is 12.4 Å². The third-order valence-corrected chi connectivity index (χ3v) is 7.33. The second-order valence-corrected chi connectivity index (χ2v) is 11.5. The molecule has 0 spiro atoms. The van der Waals surface area contributed by atoms with Crippen LogP contribution in [0.5, 0.6) is 0 Å². The molecule has 2 aromatic rings. The van der Waals surface area contributed by atoms with Crippen molar-refractivity contribution in [1.29, 1.82) is 0 Å². The van der Waals surface area contributed by atoms with E-state index in [-0.39, 0.29) is 12.5 Å². The Morgan fingerprint density at radius 3 is 2.17 bits per heavy atom. The molecule has 222 valence electrons. The highest BCUT2D eigenvalue weighted by Crippen LogP contribution is 2.13. The lowest BCUT2D eigenvalue weighted by Gasteiger charge is -2.28. The van der Waals surface area contributed by atoms with Crippen LogP contribution in [0.15, 0.2) is 53.4 Å². The summed E-state index contributed by atoms with van der Waals surface area (Å²) in [4.78, 5) is 30.7. The lowest BCUT2D eigenvalue weighted by atomic mass is 9.88. The number of sulfonamides is 1. The largest absolute Gasteiger partial charge is 0.433 e. The van der Waals surface area contributed by atoms with Gasteiger partial charge in [-0.05, 0) is 56.0 Å². The van der Waals surface area contributed by atoms with Crippen LogP contribution in [0.25, 0.3) is 0 Å². The van der Waals surface area contributed by atoms with Crippen molar-refractivity contribution < 1.29 is 33.2 Å². The second-order valence-electron chi connectivity index (χ2n) is 9.33. The van der Waals surface area contributed by atoms with Gasteiger partial charge in [-0.15, -0.1) is 0 Å². The zero-order valence-electron chi connectivity index (χ0n) is 23.2. The average molecular weight is 609 g/mol. The fourth-order valence-corrected chi connectivity index (χ4v) is 4.96. The Bertz CT molecular complexity index is 1300. The predicted octanol–water partition coefficient (Wildman–Crippen LogP) is -0.138. The quantitative estimate of drug-likeness (QED) is 0.0921. The van der Waals surface area contributed by atoms with Gasteiger partial charge >= 0.3 is 14.1 Å².